The van der Waals surface area contributed by atoms with E-state index in [1.54, 1.807) is 37.3 Å². The lowest BCUT2D eigenvalue weighted by molar-refractivity contribution is 0.0696. The lowest BCUT2D eigenvalue weighted by atomic mass is 9.98. The molecule has 0 spiro atoms. The van der Waals surface area contributed by atoms with Crippen molar-refractivity contribution in [2.45, 2.75) is 13.3 Å². The van der Waals surface area contributed by atoms with E-state index in [9.17, 15) is 19.8 Å². The second-order valence-electron chi connectivity index (χ2n) is 10.5. The standard InChI is InChI=1S/C32H35N5O4/c1-21-19-26-27(20-25(21)32(40)41)35-31(39)28(26)29(22-7-4-3-5-8-22)34-24-11-9-23(10-12-24)30(38)33-13-16-37-15-6-14-36(2)17-18-37/h3-5,7-12,19-20,35,39H,6,13-18H2,1-2H3,(H,33,38)(H,40,41). The Morgan fingerprint density at radius 2 is 1.73 bits per heavy atom. The molecule has 0 atom stereocenters. The van der Waals surface area contributed by atoms with Crippen molar-refractivity contribution in [3.63, 3.8) is 0 Å². The fourth-order valence-electron chi connectivity index (χ4n) is 5.24. The van der Waals surface area contributed by atoms with Crippen molar-refractivity contribution in [3.8, 4) is 5.88 Å². The molecule has 1 saturated heterocycles. The fourth-order valence-corrected chi connectivity index (χ4v) is 5.24. The molecular formula is C32H35N5O4. The summed E-state index contributed by atoms with van der Waals surface area (Å²) in [5.41, 5.74) is 4.19. The summed E-state index contributed by atoms with van der Waals surface area (Å²) in [6.07, 6.45) is 1.14. The third-order valence-electron chi connectivity index (χ3n) is 7.53. The van der Waals surface area contributed by atoms with Gasteiger partial charge in [0.15, 0.2) is 5.88 Å². The molecule has 1 aromatic heterocycles. The van der Waals surface area contributed by atoms with E-state index < -0.39 is 5.97 Å². The number of nitrogens with zero attached hydrogens (tertiary/aromatic N) is 3. The molecule has 9 heteroatoms. The molecule has 41 heavy (non-hydrogen) atoms. The molecule has 1 fully saturated rings. The number of nitrogens with one attached hydrogen (secondary N) is 2. The Morgan fingerprint density at radius 1 is 0.976 bits per heavy atom. The van der Waals surface area contributed by atoms with Crippen LogP contribution in [0.1, 0.15) is 43.8 Å². The molecule has 4 aromatic rings. The third-order valence-corrected chi connectivity index (χ3v) is 7.53. The first kappa shape index (κ1) is 28.1. The summed E-state index contributed by atoms with van der Waals surface area (Å²) in [4.78, 5) is 37.0. The molecule has 5 rings (SSSR count). The molecule has 212 valence electrons. The van der Waals surface area contributed by atoms with Crippen LogP contribution in [-0.4, -0.2) is 88.9 Å². The first-order valence-electron chi connectivity index (χ1n) is 13.8. The Kier molecular flexibility index (Phi) is 8.47. The van der Waals surface area contributed by atoms with Gasteiger partial charge in [-0.25, -0.2) is 9.79 Å². The number of H-pyrrole nitrogens is 1. The van der Waals surface area contributed by atoms with Gasteiger partial charge in [-0.15, -0.1) is 0 Å². The highest BCUT2D eigenvalue weighted by atomic mass is 16.4. The third kappa shape index (κ3) is 6.48. The lowest BCUT2D eigenvalue weighted by Gasteiger charge is -2.20. The minimum atomic E-state index is -1.03. The molecule has 1 amide bonds. The molecule has 1 aliphatic rings. The van der Waals surface area contributed by atoms with Gasteiger partial charge in [-0.05, 0) is 75.4 Å². The summed E-state index contributed by atoms with van der Waals surface area (Å²) in [5.74, 6) is -1.26. The van der Waals surface area contributed by atoms with E-state index in [1.807, 2.05) is 30.3 Å². The molecule has 1 aliphatic heterocycles. The van der Waals surface area contributed by atoms with Crippen molar-refractivity contribution >= 4 is 34.2 Å². The van der Waals surface area contributed by atoms with E-state index in [2.05, 4.69) is 27.1 Å². The zero-order chi connectivity index (χ0) is 28.9. The molecule has 0 aliphatic carbocycles. The van der Waals surface area contributed by atoms with Gasteiger partial charge in [0.2, 0.25) is 0 Å². The molecular weight excluding hydrogens is 518 g/mol. The maximum Gasteiger partial charge on any atom is 0.336 e. The SMILES string of the molecule is Cc1cc2c(C(=Nc3ccc(C(=O)NCCN4CCCN(C)CC4)cc3)c3ccccc3)c(O)[nH]c2cc1C(=O)O. The van der Waals surface area contributed by atoms with Crippen LogP contribution >= 0.6 is 0 Å². The van der Waals surface area contributed by atoms with Crippen molar-refractivity contribution < 1.29 is 19.8 Å². The Hall–Kier alpha value is -4.47. The average molecular weight is 554 g/mol. The summed E-state index contributed by atoms with van der Waals surface area (Å²) < 4.78 is 0. The topological polar surface area (TPSA) is 121 Å². The first-order chi connectivity index (χ1) is 19.8. The van der Waals surface area contributed by atoms with Crippen LogP contribution in [0, 0.1) is 6.92 Å². The van der Waals surface area contributed by atoms with Gasteiger partial charge in [0.05, 0.1) is 22.5 Å². The quantitative estimate of drug-likeness (QED) is 0.240. The van der Waals surface area contributed by atoms with E-state index >= 15 is 0 Å². The number of aromatic carboxylic acids is 1. The molecule has 9 nitrogen and oxygen atoms in total. The number of aromatic hydroxyl groups is 1. The summed E-state index contributed by atoms with van der Waals surface area (Å²) in [7, 11) is 2.14. The van der Waals surface area contributed by atoms with Crippen LogP contribution in [0.4, 0.5) is 5.69 Å². The molecule has 0 radical (unpaired) electrons. The van der Waals surface area contributed by atoms with Gasteiger partial charge in [0.25, 0.3) is 5.91 Å². The van der Waals surface area contributed by atoms with Gasteiger partial charge in [-0.1, -0.05) is 30.3 Å². The number of likely N-dealkylation sites (N-methyl/N-ethyl adjacent to an activating group) is 1. The maximum absolute atomic E-state index is 12.8. The molecule has 0 bridgehead atoms. The number of carboxylic acids is 1. The summed E-state index contributed by atoms with van der Waals surface area (Å²) in [6, 6.07) is 19.8. The van der Waals surface area contributed by atoms with Gasteiger partial charge in [0.1, 0.15) is 0 Å². The van der Waals surface area contributed by atoms with Gasteiger partial charge in [-0.2, -0.15) is 0 Å². The van der Waals surface area contributed by atoms with E-state index in [0.717, 1.165) is 44.7 Å². The number of fused-ring (bicyclic) bond motifs is 1. The summed E-state index contributed by atoms with van der Waals surface area (Å²) >= 11 is 0. The largest absolute Gasteiger partial charge is 0.494 e. The molecule has 3 aromatic carbocycles. The number of aromatic amines is 1. The number of benzene rings is 3. The van der Waals surface area contributed by atoms with Crippen LogP contribution in [-0.2, 0) is 0 Å². The Bertz CT molecular complexity index is 1580. The Balaban J connectivity index is 1.38. The first-order valence-corrected chi connectivity index (χ1v) is 13.8. The number of aromatic nitrogens is 1. The normalized spacial score (nSPS) is 15.1. The molecule has 4 N–H and O–H groups in total. The summed E-state index contributed by atoms with van der Waals surface area (Å²) in [5, 5.41) is 24.2. The second-order valence-corrected chi connectivity index (χ2v) is 10.5. The Labute approximate surface area is 239 Å². The number of aliphatic imine (C=N–C) groups is 1. The predicted molar refractivity (Wildman–Crippen MR) is 161 cm³/mol. The number of carbonyl (C=O) groups excluding carboxylic acids is 1. The lowest BCUT2D eigenvalue weighted by Crippen LogP contribution is -2.36. The number of carbonyl (C=O) groups is 2. The highest BCUT2D eigenvalue weighted by molar-refractivity contribution is 6.22. The number of hydrogen-bond donors (Lipinski definition) is 4. The predicted octanol–water partition coefficient (Wildman–Crippen LogP) is 4.42. The van der Waals surface area contributed by atoms with Gasteiger partial charge < -0.3 is 30.3 Å². The highest BCUT2D eigenvalue weighted by Crippen LogP contribution is 2.33. The number of hydrogen-bond acceptors (Lipinski definition) is 6. The minimum Gasteiger partial charge on any atom is -0.494 e. The van der Waals surface area contributed by atoms with Crippen molar-refractivity contribution in [1.29, 1.82) is 0 Å². The zero-order valence-electron chi connectivity index (χ0n) is 23.4. The van der Waals surface area contributed by atoms with E-state index in [0.29, 0.717) is 45.5 Å². The van der Waals surface area contributed by atoms with Crippen molar-refractivity contribution in [2.75, 3.05) is 46.3 Å². The highest BCUT2D eigenvalue weighted by Gasteiger charge is 2.21. The van der Waals surface area contributed by atoms with Gasteiger partial charge in [0, 0.05) is 48.2 Å². The number of carboxylic acid groups (broad SMARTS) is 1. The second kappa shape index (κ2) is 12.4. The van der Waals surface area contributed by atoms with Crippen molar-refractivity contribution in [1.82, 2.24) is 20.1 Å². The van der Waals surface area contributed by atoms with Crippen LogP contribution in [0.2, 0.25) is 0 Å². The zero-order valence-corrected chi connectivity index (χ0v) is 23.4. The van der Waals surface area contributed by atoms with Crippen LogP contribution < -0.4 is 5.32 Å². The molecule has 0 saturated carbocycles. The molecule has 0 unspecified atom stereocenters. The van der Waals surface area contributed by atoms with Crippen LogP contribution in [0.5, 0.6) is 5.88 Å². The number of aryl methyl sites for hydroxylation is 1. The number of amides is 1. The van der Waals surface area contributed by atoms with E-state index in [-0.39, 0.29) is 17.4 Å². The Morgan fingerprint density at radius 3 is 2.46 bits per heavy atom. The maximum atomic E-state index is 12.8. The monoisotopic (exact) mass is 553 g/mol. The molecule has 2 heterocycles. The van der Waals surface area contributed by atoms with Gasteiger partial charge >= 0.3 is 5.97 Å². The van der Waals surface area contributed by atoms with Crippen LogP contribution in [0.3, 0.4) is 0 Å². The van der Waals surface area contributed by atoms with E-state index in [1.165, 1.54) is 6.07 Å². The average Bonchev–Trinajstić information content (AvgIpc) is 3.12. The van der Waals surface area contributed by atoms with Crippen LogP contribution in [0.25, 0.3) is 10.9 Å². The summed E-state index contributed by atoms with van der Waals surface area (Å²) in [6.45, 7) is 7.34. The number of rotatable bonds is 8. The van der Waals surface area contributed by atoms with Gasteiger partial charge in [-0.3, -0.25) is 4.79 Å². The minimum absolute atomic E-state index is 0.100. The smallest absolute Gasteiger partial charge is 0.336 e. The van der Waals surface area contributed by atoms with E-state index in [4.69, 9.17) is 4.99 Å². The fraction of sp³-hybridized carbons (Fsp3) is 0.281. The van der Waals surface area contributed by atoms with Crippen LogP contribution in [0.15, 0.2) is 71.7 Å². The van der Waals surface area contributed by atoms with Crippen molar-refractivity contribution in [3.05, 3.63) is 94.5 Å². The van der Waals surface area contributed by atoms with Crippen molar-refractivity contribution in [2.24, 2.45) is 4.99 Å².